The summed E-state index contributed by atoms with van der Waals surface area (Å²) in [6.07, 6.45) is 1.15. The number of furan rings is 1. The van der Waals surface area contributed by atoms with E-state index in [1.54, 1.807) is 0 Å². The number of para-hydroxylation sites is 1. The van der Waals surface area contributed by atoms with E-state index in [-0.39, 0.29) is 11.9 Å². The van der Waals surface area contributed by atoms with E-state index < -0.39 is 0 Å². The molecule has 0 saturated carbocycles. The van der Waals surface area contributed by atoms with Gasteiger partial charge in [-0.25, -0.2) is 0 Å². The van der Waals surface area contributed by atoms with Crippen LogP contribution in [0.15, 0.2) is 34.7 Å². The van der Waals surface area contributed by atoms with Gasteiger partial charge in [-0.3, -0.25) is 9.48 Å². The first kappa shape index (κ1) is 19.2. The molecule has 0 bridgehead atoms. The molecule has 0 aliphatic rings. The number of amides is 1. The Kier molecular flexibility index (Phi) is 5.68. The Labute approximate surface area is 160 Å². The molecule has 0 aliphatic heterocycles. The standard InChI is InChI=1S/C22H29N3O2/c1-14(2)13-25-17(5)19(15(3)24-25)10-11-22(26)23-16(4)21-12-18-8-6-7-9-20(18)27-21/h6-9,12,14,16H,10-11,13H2,1-5H3,(H,23,26)/t16-/m1/s1. The topological polar surface area (TPSA) is 60.1 Å². The van der Waals surface area contributed by atoms with Crippen LogP contribution in [0, 0.1) is 19.8 Å². The van der Waals surface area contributed by atoms with E-state index in [0.717, 1.165) is 29.0 Å². The van der Waals surface area contributed by atoms with Gasteiger partial charge < -0.3 is 9.73 Å². The lowest BCUT2D eigenvalue weighted by atomic mass is 10.1. The fourth-order valence-corrected chi connectivity index (χ4v) is 3.46. The van der Waals surface area contributed by atoms with Crippen molar-refractivity contribution >= 4 is 16.9 Å². The Balaban J connectivity index is 1.60. The second-order valence-corrected chi connectivity index (χ2v) is 7.70. The number of hydrogen-bond donors (Lipinski definition) is 1. The summed E-state index contributed by atoms with van der Waals surface area (Å²) in [4.78, 5) is 12.4. The van der Waals surface area contributed by atoms with Crippen LogP contribution in [0.3, 0.4) is 0 Å². The van der Waals surface area contributed by atoms with Gasteiger partial charge in [0, 0.05) is 24.0 Å². The molecule has 5 heteroatoms. The van der Waals surface area contributed by atoms with Gasteiger partial charge in [-0.1, -0.05) is 32.0 Å². The highest BCUT2D eigenvalue weighted by atomic mass is 16.3. The van der Waals surface area contributed by atoms with E-state index in [4.69, 9.17) is 4.42 Å². The van der Waals surface area contributed by atoms with Crippen LogP contribution in [0.1, 0.15) is 55.9 Å². The van der Waals surface area contributed by atoms with E-state index in [0.29, 0.717) is 18.8 Å². The van der Waals surface area contributed by atoms with E-state index in [9.17, 15) is 4.79 Å². The monoisotopic (exact) mass is 367 g/mol. The van der Waals surface area contributed by atoms with Gasteiger partial charge in [0.15, 0.2) is 0 Å². The van der Waals surface area contributed by atoms with Gasteiger partial charge >= 0.3 is 0 Å². The molecule has 1 N–H and O–H groups in total. The summed E-state index contributed by atoms with van der Waals surface area (Å²) in [5.41, 5.74) is 4.21. The van der Waals surface area contributed by atoms with E-state index >= 15 is 0 Å². The van der Waals surface area contributed by atoms with Crippen molar-refractivity contribution in [3.63, 3.8) is 0 Å². The number of benzene rings is 1. The summed E-state index contributed by atoms with van der Waals surface area (Å²) in [5.74, 6) is 1.35. The molecule has 2 heterocycles. The summed E-state index contributed by atoms with van der Waals surface area (Å²) in [6, 6.07) is 9.71. The van der Waals surface area contributed by atoms with Crippen molar-refractivity contribution in [1.29, 1.82) is 0 Å². The molecule has 2 aromatic heterocycles. The lowest BCUT2D eigenvalue weighted by molar-refractivity contribution is -0.121. The van der Waals surface area contributed by atoms with E-state index in [2.05, 4.69) is 35.9 Å². The number of nitrogens with zero attached hydrogens (tertiary/aromatic N) is 2. The lowest BCUT2D eigenvalue weighted by Crippen LogP contribution is -2.26. The van der Waals surface area contributed by atoms with Crippen LogP contribution in [0.2, 0.25) is 0 Å². The summed E-state index contributed by atoms with van der Waals surface area (Å²) in [6.45, 7) is 11.3. The first-order valence-electron chi connectivity index (χ1n) is 9.66. The highest BCUT2D eigenvalue weighted by molar-refractivity contribution is 5.79. The van der Waals surface area contributed by atoms with Gasteiger partial charge in [0.2, 0.25) is 5.91 Å². The number of nitrogens with one attached hydrogen (secondary N) is 1. The quantitative estimate of drug-likeness (QED) is 0.658. The third-order valence-corrected chi connectivity index (χ3v) is 4.92. The number of aryl methyl sites for hydroxylation is 1. The van der Waals surface area contributed by atoms with E-state index in [1.165, 1.54) is 11.3 Å². The molecule has 27 heavy (non-hydrogen) atoms. The molecule has 0 aliphatic carbocycles. The molecular formula is C22H29N3O2. The number of hydrogen-bond acceptors (Lipinski definition) is 3. The minimum absolute atomic E-state index is 0.0263. The Morgan fingerprint density at radius 2 is 1.96 bits per heavy atom. The maximum Gasteiger partial charge on any atom is 0.220 e. The first-order valence-corrected chi connectivity index (χ1v) is 9.66. The van der Waals surface area contributed by atoms with Gasteiger partial charge in [-0.05, 0) is 50.8 Å². The molecule has 3 rings (SSSR count). The SMILES string of the molecule is Cc1nn(CC(C)C)c(C)c1CCC(=O)N[C@H](C)c1cc2ccccc2o1. The zero-order chi connectivity index (χ0) is 19.6. The lowest BCUT2D eigenvalue weighted by Gasteiger charge is -2.11. The number of carbonyl (C=O) groups is 1. The van der Waals surface area contributed by atoms with Crippen LogP contribution in [0.5, 0.6) is 0 Å². The van der Waals surface area contributed by atoms with Crippen LogP contribution in [0.25, 0.3) is 11.0 Å². The van der Waals surface area contributed by atoms with Crippen LogP contribution >= 0.6 is 0 Å². The third kappa shape index (κ3) is 4.41. The Morgan fingerprint density at radius 1 is 1.22 bits per heavy atom. The van der Waals surface area contributed by atoms with Crippen molar-refractivity contribution in [1.82, 2.24) is 15.1 Å². The van der Waals surface area contributed by atoms with Crippen molar-refractivity contribution < 1.29 is 9.21 Å². The van der Waals surface area contributed by atoms with Crippen molar-refractivity contribution in [2.75, 3.05) is 0 Å². The average molecular weight is 367 g/mol. The molecule has 0 radical (unpaired) electrons. The Morgan fingerprint density at radius 3 is 2.67 bits per heavy atom. The van der Waals surface area contributed by atoms with Crippen LogP contribution in [-0.4, -0.2) is 15.7 Å². The second kappa shape index (κ2) is 7.99. The van der Waals surface area contributed by atoms with Gasteiger partial charge in [0.25, 0.3) is 0 Å². The minimum atomic E-state index is -0.157. The van der Waals surface area contributed by atoms with Gasteiger partial charge in [0.1, 0.15) is 11.3 Å². The highest BCUT2D eigenvalue weighted by Crippen LogP contribution is 2.24. The largest absolute Gasteiger partial charge is 0.459 e. The predicted octanol–water partition coefficient (Wildman–Crippen LogP) is 4.71. The molecule has 0 fully saturated rings. The average Bonchev–Trinajstić information content (AvgIpc) is 3.15. The molecule has 3 aromatic rings. The zero-order valence-electron chi connectivity index (χ0n) is 16.9. The maximum absolute atomic E-state index is 12.4. The van der Waals surface area contributed by atoms with Crippen molar-refractivity contribution in [2.45, 2.75) is 60.0 Å². The first-order chi connectivity index (χ1) is 12.8. The number of aromatic nitrogens is 2. The number of rotatable bonds is 7. The second-order valence-electron chi connectivity index (χ2n) is 7.70. The van der Waals surface area contributed by atoms with Crippen molar-refractivity contribution in [3.05, 3.63) is 53.0 Å². The smallest absolute Gasteiger partial charge is 0.220 e. The fourth-order valence-electron chi connectivity index (χ4n) is 3.46. The third-order valence-electron chi connectivity index (χ3n) is 4.92. The molecule has 1 atom stereocenters. The number of fused-ring (bicyclic) bond motifs is 1. The summed E-state index contributed by atoms with van der Waals surface area (Å²) >= 11 is 0. The molecule has 0 unspecified atom stereocenters. The van der Waals surface area contributed by atoms with Crippen molar-refractivity contribution in [3.8, 4) is 0 Å². The summed E-state index contributed by atoms with van der Waals surface area (Å²) < 4.78 is 7.90. The van der Waals surface area contributed by atoms with Gasteiger partial charge in [-0.15, -0.1) is 0 Å². The van der Waals surface area contributed by atoms with Crippen LogP contribution in [-0.2, 0) is 17.8 Å². The normalized spacial score (nSPS) is 12.7. The molecule has 0 saturated heterocycles. The van der Waals surface area contributed by atoms with Crippen LogP contribution in [0.4, 0.5) is 0 Å². The van der Waals surface area contributed by atoms with Crippen molar-refractivity contribution in [2.24, 2.45) is 5.92 Å². The van der Waals surface area contributed by atoms with E-state index in [1.807, 2.05) is 44.2 Å². The molecular weight excluding hydrogens is 338 g/mol. The fraction of sp³-hybridized carbons (Fsp3) is 0.455. The number of carbonyl (C=O) groups excluding carboxylic acids is 1. The summed E-state index contributed by atoms with van der Waals surface area (Å²) in [7, 11) is 0. The molecule has 1 aromatic carbocycles. The Bertz CT molecular complexity index is 903. The van der Waals surface area contributed by atoms with Crippen LogP contribution < -0.4 is 5.32 Å². The minimum Gasteiger partial charge on any atom is -0.459 e. The molecule has 0 spiro atoms. The Hall–Kier alpha value is -2.56. The molecule has 1 amide bonds. The molecule has 5 nitrogen and oxygen atoms in total. The van der Waals surface area contributed by atoms with Gasteiger partial charge in [0.05, 0.1) is 11.7 Å². The summed E-state index contributed by atoms with van der Waals surface area (Å²) in [5, 5.41) is 8.73. The highest BCUT2D eigenvalue weighted by Gasteiger charge is 2.17. The zero-order valence-corrected chi connectivity index (χ0v) is 16.9. The predicted molar refractivity (Wildman–Crippen MR) is 108 cm³/mol. The maximum atomic E-state index is 12.4. The van der Waals surface area contributed by atoms with Gasteiger partial charge in [-0.2, -0.15) is 5.10 Å². The molecule has 144 valence electrons.